The van der Waals surface area contributed by atoms with Crippen LogP contribution in [0.1, 0.15) is 179 Å². The van der Waals surface area contributed by atoms with Gasteiger partial charge in [-0.3, -0.25) is 0 Å². The number of hydrogen-bond donors (Lipinski definition) is 0. The molecule has 0 aromatic heterocycles. The van der Waals surface area contributed by atoms with E-state index in [9.17, 15) is 0 Å². The molecule has 0 aliphatic heterocycles. The van der Waals surface area contributed by atoms with Crippen molar-refractivity contribution in [2.75, 3.05) is 0 Å². The van der Waals surface area contributed by atoms with Crippen LogP contribution in [0.4, 0.5) is 0 Å². The fourth-order valence-corrected chi connectivity index (χ4v) is 5.99. The zero-order valence-electron chi connectivity index (χ0n) is 27.4. The van der Waals surface area contributed by atoms with Crippen molar-refractivity contribution in [3.63, 3.8) is 0 Å². The highest BCUT2D eigenvalue weighted by Crippen LogP contribution is 2.27. The van der Waals surface area contributed by atoms with Crippen molar-refractivity contribution in [1.29, 1.82) is 0 Å². The Morgan fingerprint density at radius 1 is 0.390 bits per heavy atom. The lowest BCUT2D eigenvalue weighted by atomic mass is 10.0. The van der Waals surface area contributed by atoms with Gasteiger partial charge in [-0.1, -0.05) is 185 Å². The Bertz CT molecular complexity index is 823. The molecule has 0 unspecified atom stereocenters. The maximum Gasteiger partial charge on any atom is 0.130 e. The number of benzene rings is 2. The predicted octanol–water partition coefficient (Wildman–Crippen LogP) is 14.0. The van der Waals surface area contributed by atoms with Gasteiger partial charge in [0.15, 0.2) is 0 Å². The minimum Gasteiger partial charge on any atom is -0.457 e. The van der Waals surface area contributed by atoms with Crippen molar-refractivity contribution in [3.8, 4) is 11.5 Å². The molecule has 0 aliphatic carbocycles. The summed E-state index contributed by atoms with van der Waals surface area (Å²) in [5.41, 5.74) is 2.79. The van der Waals surface area contributed by atoms with E-state index in [-0.39, 0.29) is 0 Å². The summed E-state index contributed by atoms with van der Waals surface area (Å²) in [5, 5.41) is 0. The molecule has 0 aliphatic rings. The van der Waals surface area contributed by atoms with Gasteiger partial charge in [0, 0.05) is 0 Å². The van der Waals surface area contributed by atoms with Crippen LogP contribution in [-0.2, 0) is 12.8 Å². The highest BCUT2D eigenvalue weighted by atomic mass is 16.5. The van der Waals surface area contributed by atoms with E-state index >= 15 is 0 Å². The Balaban J connectivity index is 1.53. The molecule has 2 aromatic carbocycles. The van der Waals surface area contributed by atoms with Crippen LogP contribution in [0.5, 0.6) is 11.5 Å². The first-order chi connectivity index (χ1) is 20.3. The summed E-state index contributed by atoms with van der Waals surface area (Å²) in [5.74, 6) is 2.00. The highest BCUT2D eigenvalue weighted by Gasteiger charge is 2.05. The summed E-state index contributed by atoms with van der Waals surface area (Å²) in [6, 6.07) is 17.5. The molecule has 0 saturated carbocycles. The minimum absolute atomic E-state index is 0.964. The van der Waals surface area contributed by atoms with Crippen molar-refractivity contribution in [2.45, 2.75) is 181 Å². The molecule has 232 valence electrons. The largest absolute Gasteiger partial charge is 0.457 e. The van der Waals surface area contributed by atoms with E-state index < -0.39 is 0 Å². The van der Waals surface area contributed by atoms with E-state index in [4.69, 9.17) is 4.74 Å². The van der Waals surface area contributed by atoms with E-state index in [1.807, 2.05) is 0 Å². The van der Waals surface area contributed by atoms with E-state index in [2.05, 4.69) is 62.4 Å². The van der Waals surface area contributed by atoms with Gasteiger partial charge in [-0.15, -0.1) is 0 Å². The number of para-hydroxylation sites is 1. The third-order valence-electron chi connectivity index (χ3n) is 8.74. The topological polar surface area (TPSA) is 9.23 Å². The molecule has 0 amide bonds. The normalized spacial score (nSPS) is 11.3. The van der Waals surface area contributed by atoms with Crippen molar-refractivity contribution in [3.05, 3.63) is 59.7 Å². The van der Waals surface area contributed by atoms with Gasteiger partial charge in [0.1, 0.15) is 11.5 Å². The summed E-state index contributed by atoms with van der Waals surface area (Å²) in [4.78, 5) is 0. The monoisotopic (exact) mass is 563 g/mol. The van der Waals surface area contributed by atoms with Gasteiger partial charge in [-0.05, 0) is 55.0 Å². The Morgan fingerprint density at radius 3 is 1.24 bits per heavy atom. The summed E-state index contributed by atoms with van der Waals surface area (Å²) in [6.07, 6.45) is 36.0. The quantitative estimate of drug-likeness (QED) is 0.0937. The van der Waals surface area contributed by atoms with Crippen LogP contribution in [-0.4, -0.2) is 0 Å². The average Bonchev–Trinajstić information content (AvgIpc) is 3.00. The predicted molar refractivity (Wildman–Crippen MR) is 183 cm³/mol. The van der Waals surface area contributed by atoms with Gasteiger partial charge in [0.05, 0.1) is 0 Å². The molecule has 2 rings (SSSR count). The fraction of sp³-hybridized carbons (Fsp3) is 0.700. The van der Waals surface area contributed by atoms with Crippen molar-refractivity contribution >= 4 is 0 Å². The lowest BCUT2D eigenvalue weighted by molar-refractivity contribution is 0.473. The number of ether oxygens (including phenoxy) is 1. The van der Waals surface area contributed by atoms with Gasteiger partial charge in [-0.25, -0.2) is 0 Å². The zero-order chi connectivity index (χ0) is 29.1. The highest BCUT2D eigenvalue weighted by molar-refractivity contribution is 5.38. The number of aryl methyl sites for hydroxylation is 2. The fourth-order valence-electron chi connectivity index (χ4n) is 5.99. The lowest BCUT2D eigenvalue weighted by Crippen LogP contribution is -1.93. The first-order valence-corrected chi connectivity index (χ1v) is 18.2. The summed E-state index contributed by atoms with van der Waals surface area (Å²) in [6.45, 7) is 4.59. The van der Waals surface area contributed by atoms with Gasteiger partial charge >= 0.3 is 0 Å². The van der Waals surface area contributed by atoms with Crippen LogP contribution >= 0.6 is 0 Å². The van der Waals surface area contributed by atoms with Crippen LogP contribution in [0.2, 0.25) is 0 Å². The molecule has 0 N–H and O–H groups in total. The second-order valence-corrected chi connectivity index (χ2v) is 12.6. The van der Waals surface area contributed by atoms with Crippen LogP contribution in [0, 0.1) is 0 Å². The van der Waals surface area contributed by atoms with Crippen molar-refractivity contribution in [1.82, 2.24) is 0 Å². The number of rotatable bonds is 28. The maximum absolute atomic E-state index is 6.34. The van der Waals surface area contributed by atoms with Crippen LogP contribution < -0.4 is 4.74 Å². The maximum atomic E-state index is 6.34. The number of hydrogen-bond acceptors (Lipinski definition) is 1. The van der Waals surface area contributed by atoms with Crippen LogP contribution in [0.15, 0.2) is 48.5 Å². The van der Waals surface area contributed by atoms with E-state index in [1.54, 1.807) is 0 Å². The molecule has 0 saturated heterocycles. The smallest absolute Gasteiger partial charge is 0.130 e. The first-order valence-electron chi connectivity index (χ1n) is 18.2. The third-order valence-corrected chi connectivity index (χ3v) is 8.74. The Hall–Kier alpha value is -1.76. The van der Waals surface area contributed by atoms with Crippen LogP contribution in [0.3, 0.4) is 0 Å². The first kappa shape index (κ1) is 35.4. The summed E-state index contributed by atoms with van der Waals surface area (Å²) < 4.78 is 6.34. The van der Waals surface area contributed by atoms with Gasteiger partial charge in [0.25, 0.3) is 0 Å². The zero-order valence-corrected chi connectivity index (χ0v) is 27.4. The van der Waals surface area contributed by atoms with Crippen LogP contribution in [0.25, 0.3) is 0 Å². The Kier molecular flexibility index (Phi) is 22.4. The lowest BCUT2D eigenvalue weighted by Gasteiger charge is -2.12. The second kappa shape index (κ2) is 25.9. The average molecular weight is 563 g/mol. The molecular formula is C40H66O. The van der Waals surface area contributed by atoms with Gasteiger partial charge in [-0.2, -0.15) is 0 Å². The molecule has 2 aromatic rings. The molecule has 1 heteroatoms. The Labute approximate surface area is 256 Å². The summed E-state index contributed by atoms with van der Waals surface area (Å²) in [7, 11) is 0. The molecule has 0 bridgehead atoms. The van der Waals surface area contributed by atoms with Gasteiger partial charge < -0.3 is 4.74 Å². The molecule has 41 heavy (non-hydrogen) atoms. The minimum atomic E-state index is 0.964. The van der Waals surface area contributed by atoms with E-state index in [0.29, 0.717) is 0 Å². The van der Waals surface area contributed by atoms with E-state index in [1.165, 1.54) is 172 Å². The molecular weight excluding hydrogens is 496 g/mol. The van der Waals surface area contributed by atoms with Gasteiger partial charge in [0.2, 0.25) is 0 Å². The molecule has 1 nitrogen and oxygen atoms in total. The standard InChI is InChI=1S/C40H66O/c1-3-5-7-9-11-13-15-17-19-21-23-25-29-37-33-35-39(36-34-37)41-40-32-28-27-31-38(40)30-26-24-22-20-18-16-14-12-10-8-6-4-2/h27-28,31-36H,3-26,29-30H2,1-2H3. The SMILES string of the molecule is CCCCCCCCCCCCCCc1ccc(Oc2ccccc2CCCCCCCCCCCCCC)cc1. The molecule has 0 radical (unpaired) electrons. The van der Waals surface area contributed by atoms with Crippen molar-refractivity contribution < 1.29 is 4.74 Å². The Morgan fingerprint density at radius 2 is 0.780 bits per heavy atom. The van der Waals surface area contributed by atoms with Crippen molar-refractivity contribution in [2.24, 2.45) is 0 Å². The molecule has 0 spiro atoms. The molecule has 0 atom stereocenters. The van der Waals surface area contributed by atoms with E-state index in [0.717, 1.165) is 17.9 Å². The molecule has 0 fully saturated rings. The number of unbranched alkanes of at least 4 members (excludes halogenated alkanes) is 22. The second-order valence-electron chi connectivity index (χ2n) is 12.6. The summed E-state index contributed by atoms with van der Waals surface area (Å²) >= 11 is 0. The molecule has 0 heterocycles. The third kappa shape index (κ3) is 19.1.